The van der Waals surface area contributed by atoms with Gasteiger partial charge in [-0.3, -0.25) is 0 Å². The molecule has 0 atom stereocenters. The molecule has 3 rings (SSSR count). The average Bonchev–Trinajstić information content (AvgIpc) is 2.32. The molecule has 1 nitrogen and oxygen atoms in total. The Morgan fingerprint density at radius 1 is 0.944 bits per heavy atom. The van der Waals surface area contributed by atoms with Crippen LogP contribution in [0.5, 0.6) is 11.5 Å². The summed E-state index contributed by atoms with van der Waals surface area (Å²) in [7, 11) is 0. The van der Waals surface area contributed by atoms with Crippen LogP contribution in [0.1, 0.15) is 30.5 Å². The molecule has 92 valence electrons. The zero-order valence-corrected chi connectivity index (χ0v) is 12.3. The summed E-state index contributed by atoms with van der Waals surface area (Å²) in [6, 6.07) is 12.6. The van der Waals surface area contributed by atoms with Crippen LogP contribution in [0.15, 0.2) is 40.9 Å². The maximum Gasteiger partial charge on any atom is 0.131 e. The summed E-state index contributed by atoms with van der Waals surface area (Å²) in [5.74, 6) is 1.93. The van der Waals surface area contributed by atoms with Crippen LogP contribution >= 0.6 is 15.9 Å². The highest BCUT2D eigenvalue weighted by Gasteiger charge is 2.34. The van der Waals surface area contributed by atoms with Crippen LogP contribution in [0.2, 0.25) is 0 Å². The third kappa shape index (κ3) is 1.67. The summed E-state index contributed by atoms with van der Waals surface area (Å²) in [5, 5.41) is 0. The maximum atomic E-state index is 6.00. The van der Waals surface area contributed by atoms with Crippen molar-refractivity contribution in [1.29, 1.82) is 0 Å². The van der Waals surface area contributed by atoms with Crippen LogP contribution in [0, 0.1) is 6.92 Å². The molecular formula is C16H15BrO. The third-order valence-corrected chi connectivity index (χ3v) is 4.14. The van der Waals surface area contributed by atoms with Crippen molar-refractivity contribution in [3.63, 3.8) is 0 Å². The van der Waals surface area contributed by atoms with Gasteiger partial charge < -0.3 is 4.74 Å². The summed E-state index contributed by atoms with van der Waals surface area (Å²) in [5.41, 5.74) is 3.73. The minimum atomic E-state index is -0.0291. The second-order valence-corrected chi connectivity index (χ2v) is 6.28. The van der Waals surface area contributed by atoms with E-state index in [0.717, 1.165) is 16.0 Å². The second kappa shape index (κ2) is 3.86. The van der Waals surface area contributed by atoms with Crippen molar-refractivity contribution in [2.75, 3.05) is 0 Å². The Balaban J connectivity index is 2.27. The number of ether oxygens (including phenoxy) is 1. The van der Waals surface area contributed by atoms with Gasteiger partial charge in [0, 0.05) is 21.0 Å². The molecule has 1 aliphatic heterocycles. The molecule has 0 spiro atoms. The quantitative estimate of drug-likeness (QED) is 0.651. The molecule has 0 aromatic heterocycles. The van der Waals surface area contributed by atoms with Gasteiger partial charge in [0.25, 0.3) is 0 Å². The van der Waals surface area contributed by atoms with Crippen molar-refractivity contribution in [3.8, 4) is 11.5 Å². The highest BCUT2D eigenvalue weighted by atomic mass is 79.9. The van der Waals surface area contributed by atoms with E-state index in [9.17, 15) is 0 Å². The number of rotatable bonds is 0. The molecule has 2 heteroatoms. The number of benzene rings is 2. The Labute approximate surface area is 116 Å². The molecule has 0 radical (unpaired) electrons. The summed E-state index contributed by atoms with van der Waals surface area (Å²) in [4.78, 5) is 0. The Hall–Kier alpha value is -1.28. The van der Waals surface area contributed by atoms with Gasteiger partial charge in [0.05, 0.1) is 0 Å². The molecule has 0 amide bonds. The van der Waals surface area contributed by atoms with Crippen LogP contribution in [0.25, 0.3) is 0 Å². The van der Waals surface area contributed by atoms with Crippen molar-refractivity contribution in [2.24, 2.45) is 0 Å². The van der Waals surface area contributed by atoms with E-state index < -0.39 is 0 Å². The first-order valence-electron chi connectivity index (χ1n) is 6.07. The summed E-state index contributed by atoms with van der Waals surface area (Å²) < 4.78 is 7.09. The minimum Gasteiger partial charge on any atom is -0.457 e. The van der Waals surface area contributed by atoms with E-state index >= 15 is 0 Å². The molecule has 0 aliphatic carbocycles. The second-order valence-electron chi connectivity index (χ2n) is 5.37. The number of hydrogen-bond acceptors (Lipinski definition) is 1. The monoisotopic (exact) mass is 302 g/mol. The number of fused-ring (bicyclic) bond motifs is 2. The Morgan fingerprint density at radius 2 is 1.56 bits per heavy atom. The first-order chi connectivity index (χ1) is 8.48. The lowest BCUT2D eigenvalue weighted by molar-refractivity contribution is 0.417. The van der Waals surface area contributed by atoms with Gasteiger partial charge in [0.2, 0.25) is 0 Å². The van der Waals surface area contributed by atoms with Gasteiger partial charge in [0.1, 0.15) is 11.5 Å². The first kappa shape index (κ1) is 11.8. The lowest BCUT2D eigenvalue weighted by atomic mass is 9.75. The lowest BCUT2D eigenvalue weighted by Gasteiger charge is -2.34. The molecule has 0 saturated heterocycles. The zero-order chi connectivity index (χ0) is 12.9. The standard InChI is InChI=1S/C16H15BrO/c1-10-4-6-14-12(8-10)16(2,3)13-9-11(17)5-7-15(13)18-14/h4-9H,1-3H3. The number of aryl methyl sites for hydroxylation is 1. The predicted molar refractivity (Wildman–Crippen MR) is 77.5 cm³/mol. The van der Waals surface area contributed by atoms with E-state index in [1.165, 1.54) is 16.7 Å². The molecule has 0 bridgehead atoms. The summed E-state index contributed by atoms with van der Waals surface area (Å²) in [6.45, 7) is 6.62. The molecule has 0 N–H and O–H groups in total. The van der Waals surface area contributed by atoms with Crippen LogP contribution in [0.4, 0.5) is 0 Å². The van der Waals surface area contributed by atoms with E-state index in [4.69, 9.17) is 4.74 Å². The lowest BCUT2D eigenvalue weighted by Crippen LogP contribution is -2.24. The topological polar surface area (TPSA) is 9.23 Å². The van der Waals surface area contributed by atoms with E-state index in [-0.39, 0.29) is 5.41 Å². The number of hydrogen-bond donors (Lipinski definition) is 0. The van der Waals surface area contributed by atoms with Crippen LogP contribution in [0.3, 0.4) is 0 Å². The molecule has 0 saturated carbocycles. The Morgan fingerprint density at radius 3 is 2.28 bits per heavy atom. The fraction of sp³-hybridized carbons (Fsp3) is 0.250. The first-order valence-corrected chi connectivity index (χ1v) is 6.87. The molecule has 2 aromatic carbocycles. The van der Waals surface area contributed by atoms with E-state index in [1.54, 1.807) is 0 Å². The molecular weight excluding hydrogens is 288 g/mol. The van der Waals surface area contributed by atoms with Gasteiger partial charge >= 0.3 is 0 Å². The van der Waals surface area contributed by atoms with Gasteiger partial charge in [-0.1, -0.05) is 47.5 Å². The molecule has 0 unspecified atom stereocenters. The highest BCUT2D eigenvalue weighted by Crippen LogP contribution is 2.48. The zero-order valence-electron chi connectivity index (χ0n) is 10.8. The largest absolute Gasteiger partial charge is 0.457 e. The van der Waals surface area contributed by atoms with Gasteiger partial charge in [-0.05, 0) is 31.2 Å². The van der Waals surface area contributed by atoms with Crippen molar-refractivity contribution in [2.45, 2.75) is 26.2 Å². The van der Waals surface area contributed by atoms with E-state index in [0.29, 0.717) is 0 Å². The highest BCUT2D eigenvalue weighted by molar-refractivity contribution is 9.10. The third-order valence-electron chi connectivity index (χ3n) is 3.64. The van der Waals surface area contributed by atoms with Crippen LogP contribution < -0.4 is 4.74 Å². The molecule has 1 heterocycles. The van der Waals surface area contributed by atoms with Crippen LogP contribution in [-0.4, -0.2) is 0 Å². The SMILES string of the molecule is Cc1ccc2c(c1)C(C)(C)c1cc(Br)ccc1O2. The van der Waals surface area contributed by atoms with Gasteiger partial charge in [-0.2, -0.15) is 0 Å². The van der Waals surface area contributed by atoms with Crippen LogP contribution in [-0.2, 0) is 5.41 Å². The Kier molecular flexibility index (Phi) is 2.53. The fourth-order valence-electron chi connectivity index (χ4n) is 2.56. The van der Waals surface area contributed by atoms with E-state index in [1.807, 2.05) is 12.1 Å². The minimum absolute atomic E-state index is 0.0291. The van der Waals surface area contributed by atoms with E-state index in [2.05, 4.69) is 61.0 Å². The van der Waals surface area contributed by atoms with Crippen molar-refractivity contribution < 1.29 is 4.74 Å². The van der Waals surface area contributed by atoms with Gasteiger partial charge in [0.15, 0.2) is 0 Å². The average molecular weight is 303 g/mol. The smallest absolute Gasteiger partial charge is 0.131 e. The number of halogens is 1. The van der Waals surface area contributed by atoms with Gasteiger partial charge in [-0.15, -0.1) is 0 Å². The molecule has 2 aromatic rings. The van der Waals surface area contributed by atoms with Gasteiger partial charge in [-0.25, -0.2) is 0 Å². The van der Waals surface area contributed by atoms with Crippen molar-refractivity contribution >= 4 is 15.9 Å². The maximum absolute atomic E-state index is 6.00. The fourth-order valence-corrected chi connectivity index (χ4v) is 2.93. The van der Waals surface area contributed by atoms with Crippen molar-refractivity contribution in [1.82, 2.24) is 0 Å². The molecule has 0 fully saturated rings. The summed E-state index contributed by atoms with van der Waals surface area (Å²) >= 11 is 3.54. The summed E-state index contributed by atoms with van der Waals surface area (Å²) in [6.07, 6.45) is 0. The molecule has 1 aliphatic rings. The molecule has 18 heavy (non-hydrogen) atoms. The normalized spacial score (nSPS) is 15.6. The predicted octanol–water partition coefficient (Wildman–Crippen LogP) is 5.19. The van der Waals surface area contributed by atoms with Crippen molar-refractivity contribution in [3.05, 3.63) is 57.6 Å². The Bertz CT molecular complexity index is 575.